The van der Waals surface area contributed by atoms with Gasteiger partial charge in [-0.15, -0.1) is 12.4 Å². The summed E-state index contributed by atoms with van der Waals surface area (Å²) >= 11 is 0. The van der Waals surface area contributed by atoms with E-state index >= 15 is 0 Å². The Kier molecular flexibility index (Phi) is 5.91. The van der Waals surface area contributed by atoms with E-state index in [9.17, 15) is 4.79 Å². The Hall–Kier alpha value is -1.46. The molecule has 1 aromatic carbocycles. The molecular formula is C16H23ClN2O3. The van der Waals surface area contributed by atoms with Crippen LogP contribution in [0, 0.1) is 5.92 Å². The molecule has 0 radical (unpaired) electrons. The number of rotatable bonds is 6. The van der Waals surface area contributed by atoms with E-state index in [2.05, 4.69) is 10.6 Å². The first-order valence-electron chi connectivity index (χ1n) is 7.61. The molecule has 1 saturated carbocycles. The molecule has 0 spiro atoms. The van der Waals surface area contributed by atoms with Crippen molar-refractivity contribution in [3.05, 3.63) is 23.8 Å². The van der Waals surface area contributed by atoms with Crippen molar-refractivity contribution in [2.75, 3.05) is 26.8 Å². The second-order valence-electron chi connectivity index (χ2n) is 5.64. The summed E-state index contributed by atoms with van der Waals surface area (Å²) in [5.74, 6) is 2.22. The van der Waals surface area contributed by atoms with Crippen molar-refractivity contribution < 1.29 is 14.3 Å². The lowest BCUT2D eigenvalue weighted by Gasteiger charge is -2.23. The highest BCUT2D eigenvalue weighted by atomic mass is 35.5. The van der Waals surface area contributed by atoms with E-state index in [-0.39, 0.29) is 24.4 Å². The Morgan fingerprint density at radius 3 is 2.68 bits per heavy atom. The van der Waals surface area contributed by atoms with Crippen LogP contribution >= 0.6 is 12.4 Å². The van der Waals surface area contributed by atoms with Crippen LogP contribution in [0.15, 0.2) is 18.2 Å². The molecule has 1 heterocycles. The molecule has 22 heavy (non-hydrogen) atoms. The van der Waals surface area contributed by atoms with Gasteiger partial charge in [0.1, 0.15) is 13.2 Å². The van der Waals surface area contributed by atoms with Crippen molar-refractivity contribution in [3.8, 4) is 11.5 Å². The average Bonchev–Trinajstić information content (AvgIpc) is 3.35. The monoisotopic (exact) mass is 326 g/mol. The third-order valence-corrected chi connectivity index (χ3v) is 3.94. The summed E-state index contributed by atoms with van der Waals surface area (Å²) in [4.78, 5) is 12.0. The molecule has 1 unspecified atom stereocenters. The average molecular weight is 327 g/mol. The number of fused-ring (bicyclic) bond motifs is 1. The molecule has 3 rings (SSSR count). The van der Waals surface area contributed by atoms with Crippen molar-refractivity contribution in [3.63, 3.8) is 0 Å². The summed E-state index contributed by atoms with van der Waals surface area (Å²) in [6.07, 6.45) is 2.85. The second kappa shape index (κ2) is 7.70. The van der Waals surface area contributed by atoms with Crippen LogP contribution in [0.5, 0.6) is 11.5 Å². The van der Waals surface area contributed by atoms with Gasteiger partial charge in [-0.3, -0.25) is 4.79 Å². The van der Waals surface area contributed by atoms with Crippen LogP contribution in [0.25, 0.3) is 0 Å². The standard InChI is InChI=1S/C16H22N2O3.ClH/c1-17-7-6-15(19)18-16(11-2-3-11)12-4-5-13-14(10-12)21-9-8-20-13;/h4-5,10-11,16-17H,2-3,6-9H2,1H3,(H,18,19);1H. The molecule has 122 valence electrons. The van der Waals surface area contributed by atoms with Crippen LogP contribution < -0.4 is 20.1 Å². The van der Waals surface area contributed by atoms with Crippen LogP contribution in [-0.4, -0.2) is 32.7 Å². The number of benzene rings is 1. The van der Waals surface area contributed by atoms with Gasteiger partial charge in [-0.25, -0.2) is 0 Å². The number of halogens is 1. The third-order valence-electron chi connectivity index (χ3n) is 3.94. The van der Waals surface area contributed by atoms with Gasteiger partial charge >= 0.3 is 0 Å². The van der Waals surface area contributed by atoms with Gasteiger partial charge in [0.25, 0.3) is 0 Å². The van der Waals surface area contributed by atoms with E-state index < -0.39 is 0 Å². The number of hydrogen-bond donors (Lipinski definition) is 2. The lowest BCUT2D eigenvalue weighted by Crippen LogP contribution is -2.31. The summed E-state index contributed by atoms with van der Waals surface area (Å²) in [5.41, 5.74) is 1.11. The molecule has 5 nitrogen and oxygen atoms in total. The van der Waals surface area contributed by atoms with Gasteiger partial charge < -0.3 is 20.1 Å². The maximum absolute atomic E-state index is 12.0. The van der Waals surface area contributed by atoms with E-state index in [0.29, 0.717) is 32.1 Å². The minimum atomic E-state index is 0. The quantitative estimate of drug-likeness (QED) is 0.840. The molecule has 1 aromatic rings. The molecule has 0 saturated heterocycles. The van der Waals surface area contributed by atoms with Gasteiger partial charge in [0.15, 0.2) is 11.5 Å². The fourth-order valence-electron chi connectivity index (χ4n) is 2.64. The lowest BCUT2D eigenvalue weighted by atomic mass is 10.0. The summed E-state index contributed by atoms with van der Waals surface area (Å²) in [6, 6.07) is 6.08. The van der Waals surface area contributed by atoms with Crippen molar-refractivity contribution in [2.24, 2.45) is 5.92 Å². The minimum Gasteiger partial charge on any atom is -0.486 e. The zero-order valence-corrected chi connectivity index (χ0v) is 13.6. The van der Waals surface area contributed by atoms with Crippen molar-refractivity contribution in [1.29, 1.82) is 0 Å². The number of carbonyl (C=O) groups excluding carboxylic acids is 1. The zero-order valence-electron chi connectivity index (χ0n) is 12.8. The van der Waals surface area contributed by atoms with Gasteiger partial charge in [0.05, 0.1) is 6.04 Å². The Balaban J connectivity index is 0.00000176. The number of amides is 1. The summed E-state index contributed by atoms with van der Waals surface area (Å²) in [6.45, 7) is 1.88. The van der Waals surface area contributed by atoms with Crippen LogP contribution in [0.1, 0.15) is 30.9 Å². The highest BCUT2D eigenvalue weighted by molar-refractivity contribution is 5.85. The van der Waals surface area contributed by atoms with Crippen LogP contribution in [0.4, 0.5) is 0 Å². The summed E-state index contributed by atoms with van der Waals surface area (Å²) < 4.78 is 11.2. The first kappa shape index (κ1) is 16.9. The molecule has 1 aliphatic carbocycles. The molecule has 1 aliphatic heterocycles. The third kappa shape index (κ3) is 4.05. The lowest BCUT2D eigenvalue weighted by molar-refractivity contribution is -0.121. The Bertz CT molecular complexity index is 520. The first-order chi connectivity index (χ1) is 10.3. The van der Waals surface area contributed by atoms with Crippen molar-refractivity contribution in [1.82, 2.24) is 10.6 Å². The van der Waals surface area contributed by atoms with Gasteiger partial charge in [-0.1, -0.05) is 6.07 Å². The zero-order chi connectivity index (χ0) is 14.7. The van der Waals surface area contributed by atoms with Gasteiger partial charge in [-0.05, 0) is 43.5 Å². The fourth-order valence-corrected chi connectivity index (χ4v) is 2.64. The largest absolute Gasteiger partial charge is 0.486 e. The molecule has 1 fully saturated rings. The van der Waals surface area contributed by atoms with Crippen molar-refractivity contribution in [2.45, 2.75) is 25.3 Å². The van der Waals surface area contributed by atoms with Crippen LogP contribution in [-0.2, 0) is 4.79 Å². The van der Waals surface area contributed by atoms with Crippen molar-refractivity contribution >= 4 is 18.3 Å². The van der Waals surface area contributed by atoms with Gasteiger partial charge in [0.2, 0.25) is 5.91 Å². The fraction of sp³-hybridized carbons (Fsp3) is 0.562. The highest BCUT2D eigenvalue weighted by Crippen LogP contribution is 2.43. The maximum Gasteiger partial charge on any atom is 0.221 e. The SMILES string of the molecule is CNCCC(=O)NC(c1ccc2c(c1)OCCO2)C1CC1.Cl. The summed E-state index contributed by atoms with van der Waals surface area (Å²) in [7, 11) is 1.85. The Morgan fingerprint density at radius 2 is 2.00 bits per heavy atom. The first-order valence-corrected chi connectivity index (χ1v) is 7.61. The minimum absolute atomic E-state index is 0. The molecule has 1 amide bonds. The van der Waals surface area contributed by atoms with Crippen LogP contribution in [0.2, 0.25) is 0 Å². The van der Waals surface area contributed by atoms with E-state index in [1.54, 1.807) is 0 Å². The van der Waals surface area contributed by atoms with E-state index in [1.165, 1.54) is 12.8 Å². The maximum atomic E-state index is 12.0. The molecule has 6 heteroatoms. The Labute approximate surface area is 137 Å². The Morgan fingerprint density at radius 1 is 1.27 bits per heavy atom. The highest BCUT2D eigenvalue weighted by Gasteiger charge is 2.34. The van der Waals surface area contributed by atoms with Gasteiger partial charge in [0, 0.05) is 13.0 Å². The van der Waals surface area contributed by atoms with Crippen LogP contribution in [0.3, 0.4) is 0 Å². The predicted octanol–water partition coefficient (Wildman–Crippen LogP) is 2.06. The normalized spacial score (nSPS) is 17.3. The number of carbonyl (C=O) groups is 1. The molecule has 0 aromatic heterocycles. The number of ether oxygens (including phenoxy) is 2. The molecule has 0 bridgehead atoms. The number of nitrogens with one attached hydrogen (secondary N) is 2. The molecule has 1 atom stereocenters. The second-order valence-corrected chi connectivity index (χ2v) is 5.64. The smallest absolute Gasteiger partial charge is 0.221 e. The van der Waals surface area contributed by atoms with E-state index in [1.807, 2.05) is 25.2 Å². The topological polar surface area (TPSA) is 59.6 Å². The molecule has 2 N–H and O–H groups in total. The summed E-state index contributed by atoms with van der Waals surface area (Å²) in [5, 5.41) is 6.16. The number of hydrogen-bond acceptors (Lipinski definition) is 4. The van der Waals surface area contributed by atoms with Gasteiger partial charge in [-0.2, -0.15) is 0 Å². The van der Waals surface area contributed by atoms with E-state index in [4.69, 9.17) is 9.47 Å². The predicted molar refractivity (Wildman–Crippen MR) is 86.8 cm³/mol. The molecule has 2 aliphatic rings. The van der Waals surface area contributed by atoms with E-state index in [0.717, 1.165) is 17.1 Å². The molecular weight excluding hydrogens is 304 g/mol.